The van der Waals surface area contributed by atoms with Crippen LogP contribution >= 0.6 is 0 Å². The van der Waals surface area contributed by atoms with E-state index in [9.17, 15) is 9.59 Å². The highest BCUT2D eigenvalue weighted by Crippen LogP contribution is 2.38. The van der Waals surface area contributed by atoms with E-state index in [4.69, 9.17) is 13.9 Å². The maximum absolute atomic E-state index is 12.9. The van der Waals surface area contributed by atoms with E-state index in [1.165, 1.54) is 12.3 Å². The van der Waals surface area contributed by atoms with Crippen molar-refractivity contribution in [2.24, 2.45) is 0 Å². The molecule has 6 nitrogen and oxygen atoms in total. The summed E-state index contributed by atoms with van der Waals surface area (Å²) in [5.41, 5.74) is 0.808. The molecule has 0 radical (unpaired) electrons. The second-order valence-electron chi connectivity index (χ2n) is 7.16. The third-order valence-electron chi connectivity index (χ3n) is 5.35. The molecule has 1 saturated heterocycles. The Morgan fingerprint density at radius 2 is 1.97 bits per heavy atom. The zero-order chi connectivity index (χ0) is 20.4. The van der Waals surface area contributed by atoms with Gasteiger partial charge in [-0.05, 0) is 36.8 Å². The van der Waals surface area contributed by atoms with Crippen LogP contribution < -0.4 is 14.9 Å². The minimum atomic E-state index is -0.291. The third kappa shape index (κ3) is 3.70. The molecule has 1 aliphatic heterocycles. The first-order valence-electron chi connectivity index (χ1n) is 9.66. The van der Waals surface area contributed by atoms with Gasteiger partial charge >= 0.3 is 0 Å². The van der Waals surface area contributed by atoms with Gasteiger partial charge in [0, 0.05) is 18.0 Å². The van der Waals surface area contributed by atoms with Crippen LogP contribution in [0.1, 0.15) is 30.2 Å². The molecule has 1 amide bonds. The zero-order valence-corrected chi connectivity index (χ0v) is 16.5. The molecule has 0 spiro atoms. The summed E-state index contributed by atoms with van der Waals surface area (Å²) in [4.78, 5) is 26.7. The average Bonchev–Trinajstić information content (AvgIpc) is 3.22. The first-order valence-corrected chi connectivity index (χ1v) is 9.66. The smallest absolute Gasteiger partial charge is 0.261 e. The monoisotopic (exact) mass is 393 g/mol. The molecule has 1 atom stereocenters. The number of nitrogens with zero attached hydrogens (tertiary/aromatic N) is 1. The Labute approximate surface area is 168 Å². The average molecular weight is 393 g/mol. The maximum Gasteiger partial charge on any atom is 0.261 e. The van der Waals surface area contributed by atoms with E-state index in [1.54, 1.807) is 14.0 Å². The molecule has 2 heterocycles. The van der Waals surface area contributed by atoms with Crippen LogP contribution in [0.5, 0.6) is 11.5 Å². The number of methoxy groups -OCH3 is 1. The standard InChI is InChI=1S/C23H23NO5/c1-15-12-20(25)22(13-28-15)29-14-23(26)24-11-5-8-19(24)17-9-10-21(27-2)18-7-4-3-6-16(17)18/h3-4,6-7,9-10,12-13,19H,5,8,11,14H2,1-2H3. The molecule has 4 rings (SSSR count). The van der Waals surface area contributed by atoms with E-state index in [1.807, 2.05) is 35.2 Å². The van der Waals surface area contributed by atoms with E-state index >= 15 is 0 Å². The normalized spacial score (nSPS) is 16.2. The lowest BCUT2D eigenvalue weighted by atomic mass is 9.96. The summed E-state index contributed by atoms with van der Waals surface area (Å²) in [5, 5.41) is 2.11. The van der Waals surface area contributed by atoms with Crippen LogP contribution in [-0.2, 0) is 4.79 Å². The number of carbonyl (C=O) groups excluding carboxylic acids is 1. The molecular formula is C23H23NO5. The molecule has 29 heavy (non-hydrogen) atoms. The number of benzene rings is 2. The minimum absolute atomic E-state index is 0.0312. The number of ether oxygens (including phenoxy) is 2. The number of hydrogen-bond acceptors (Lipinski definition) is 5. The lowest BCUT2D eigenvalue weighted by molar-refractivity contribution is -0.134. The van der Waals surface area contributed by atoms with Gasteiger partial charge in [0.2, 0.25) is 11.2 Å². The van der Waals surface area contributed by atoms with Crippen molar-refractivity contribution in [3.63, 3.8) is 0 Å². The van der Waals surface area contributed by atoms with Gasteiger partial charge < -0.3 is 18.8 Å². The first kappa shape index (κ1) is 19.1. The number of rotatable bonds is 5. The van der Waals surface area contributed by atoms with Crippen LogP contribution in [0.15, 0.2) is 57.9 Å². The Morgan fingerprint density at radius 1 is 1.17 bits per heavy atom. The number of carbonyl (C=O) groups is 1. The van der Waals surface area contributed by atoms with E-state index in [0.717, 1.165) is 34.9 Å². The van der Waals surface area contributed by atoms with Gasteiger partial charge in [-0.25, -0.2) is 0 Å². The molecule has 1 aliphatic rings. The van der Waals surface area contributed by atoms with Gasteiger partial charge in [0.25, 0.3) is 5.91 Å². The van der Waals surface area contributed by atoms with Crippen molar-refractivity contribution in [3.05, 3.63) is 70.3 Å². The minimum Gasteiger partial charge on any atom is -0.496 e. The lowest BCUT2D eigenvalue weighted by Gasteiger charge is -2.26. The Morgan fingerprint density at radius 3 is 2.72 bits per heavy atom. The predicted octanol–water partition coefficient (Wildman–Crippen LogP) is 3.85. The second kappa shape index (κ2) is 7.99. The highest BCUT2D eigenvalue weighted by molar-refractivity contribution is 5.92. The van der Waals surface area contributed by atoms with Crippen LogP contribution in [0.25, 0.3) is 10.8 Å². The van der Waals surface area contributed by atoms with Crippen LogP contribution in [0.3, 0.4) is 0 Å². The van der Waals surface area contributed by atoms with Crippen LogP contribution in [0.2, 0.25) is 0 Å². The summed E-state index contributed by atoms with van der Waals surface area (Å²) in [6.07, 6.45) is 3.06. The van der Waals surface area contributed by atoms with Crippen LogP contribution in [0, 0.1) is 6.92 Å². The third-order valence-corrected chi connectivity index (χ3v) is 5.35. The molecule has 1 aromatic heterocycles. The fraction of sp³-hybridized carbons (Fsp3) is 0.304. The molecule has 0 bridgehead atoms. The van der Waals surface area contributed by atoms with Gasteiger partial charge in [-0.15, -0.1) is 0 Å². The van der Waals surface area contributed by atoms with Crippen molar-refractivity contribution >= 4 is 16.7 Å². The van der Waals surface area contributed by atoms with E-state index < -0.39 is 0 Å². The van der Waals surface area contributed by atoms with Crippen molar-refractivity contribution in [1.82, 2.24) is 4.90 Å². The maximum atomic E-state index is 12.9. The van der Waals surface area contributed by atoms with Gasteiger partial charge in [0.05, 0.1) is 13.2 Å². The Kier molecular flexibility index (Phi) is 5.25. The highest BCUT2D eigenvalue weighted by Gasteiger charge is 2.31. The summed E-state index contributed by atoms with van der Waals surface area (Å²) < 4.78 is 16.1. The fourth-order valence-corrected chi connectivity index (χ4v) is 3.97. The lowest BCUT2D eigenvalue weighted by Crippen LogP contribution is -2.35. The summed E-state index contributed by atoms with van der Waals surface area (Å²) >= 11 is 0. The molecule has 0 N–H and O–H groups in total. The number of amides is 1. The molecule has 0 saturated carbocycles. The summed E-state index contributed by atoms with van der Waals surface area (Å²) in [6.45, 7) is 2.15. The van der Waals surface area contributed by atoms with Crippen LogP contribution in [-0.4, -0.2) is 31.1 Å². The molecular weight excluding hydrogens is 370 g/mol. The van der Waals surface area contributed by atoms with Crippen molar-refractivity contribution < 1.29 is 18.7 Å². The first-order chi connectivity index (χ1) is 14.1. The van der Waals surface area contributed by atoms with Crippen molar-refractivity contribution in [1.29, 1.82) is 0 Å². The predicted molar refractivity (Wildman–Crippen MR) is 109 cm³/mol. The van der Waals surface area contributed by atoms with Gasteiger partial charge in [-0.1, -0.05) is 30.3 Å². The van der Waals surface area contributed by atoms with E-state index in [-0.39, 0.29) is 29.7 Å². The molecule has 1 fully saturated rings. The van der Waals surface area contributed by atoms with Gasteiger partial charge in [0.15, 0.2) is 6.61 Å². The zero-order valence-electron chi connectivity index (χ0n) is 16.5. The van der Waals surface area contributed by atoms with Gasteiger partial charge in [0.1, 0.15) is 17.8 Å². The SMILES string of the molecule is COc1ccc(C2CCCN2C(=O)COc2coc(C)cc2=O)c2ccccc12. The Bertz CT molecular complexity index is 1100. The molecule has 150 valence electrons. The number of likely N-dealkylation sites (tertiary alicyclic amines) is 1. The summed E-state index contributed by atoms with van der Waals surface area (Å²) in [5.74, 6) is 1.22. The molecule has 0 aliphatic carbocycles. The van der Waals surface area contributed by atoms with Crippen molar-refractivity contribution in [3.8, 4) is 11.5 Å². The largest absolute Gasteiger partial charge is 0.496 e. The fourth-order valence-electron chi connectivity index (χ4n) is 3.97. The topological polar surface area (TPSA) is 69.0 Å². The van der Waals surface area contributed by atoms with E-state index in [0.29, 0.717) is 12.3 Å². The Hall–Kier alpha value is -3.28. The highest BCUT2D eigenvalue weighted by atomic mass is 16.5. The number of hydrogen-bond donors (Lipinski definition) is 0. The van der Waals surface area contributed by atoms with E-state index in [2.05, 4.69) is 6.07 Å². The molecule has 6 heteroatoms. The van der Waals surface area contributed by atoms with Gasteiger partial charge in [-0.3, -0.25) is 9.59 Å². The van der Waals surface area contributed by atoms with Gasteiger partial charge in [-0.2, -0.15) is 0 Å². The van der Waals surface area contributed by atoms with Crippen molar-refractivity contribution in [2.45, 2.75) is 25.8 Å². The summed E-state index contributed by atoms with van der Waals surface area (Å²) in [7, 11) is 1.66. The molecule has 1 unspecified atom stereocenters. The Balaban J connectivity index is 1.57. The molecule has 2 aromatic carbocycles. The number of fused-ring (bicyclic) bond motifs is 1. The van der Waals surface area contributed by atoms with Crippen LogP contribution in [0.4, 0.5) is 0 Å². The number of aryl methyl sites for hydroxylation is 1. The second-order valence-corrected chi connectivity index (χ2v) is 7.16. The summed E-state index contributed by atoms with van der Waals surface area (Å²) in [6, 6.07) is 13.4. The quantitative estimate of drug-likeness (QED) is 0.659. The van der Waals surface area contributed by atoms with Crippen molar-refractivity contribution in [2.75, 3.05) is 20.3 Å². The molecule has 3 aromatic rings.